The molecule has 2 aliphatic rings. The second-order valence-electron chi connectivity index (χ2n) is 6.09. The standard InChI is InChI=1S/C16H24N2OS/c1-2-12(15-8-5-9-20-15)18-16(19)14-10-11-6-3-4-7-13(11)17-14/h5,8-9,11-14,17H,2-4,6-7,10H2,1H3,(H,18,19). The maximum Gasteiger partial charge on any atom is 0.237 e. The zero-order valence-electron chi connectivity index (χ0n) is 12.1. The van der Waals surface area contributed by atoms with Crippen LogP contribution in [0.2, 0.25) is 0 Å². The van der Waals surface area contributed by atoms with Gasteiger partial charge in [0.05, 0.1) is 12.1 Å². The van der Waals surface area contributed by atoms with Crippen molar-refractivity contribution < 1.29 is 4.79 Å². The Kier molecular flexibility index (Phi) is 4.41. The van der Waals surface area contributed by atoms with Gasteiger partial charge in [-0.2, -0.15) is 0 Å². The molecule has 1 aliphatic carbocycles. The number of amides is 1. The Labute approximate surface area is 125 Å². The van der Waals surface area contributed by atoms with Gasteiger partial charge in [-0.15, -0.1) is 11.3 Å². The number of rotatable bonds is 4. The van der Waals surface area contributed by atoms with E-state index < -0.39 is 0 Å². The number of carbonyl (C=O) groups excluding carboxylic acids is 1. The van der Waals surface area contributed by atoms with Gasteiger partial charge in [-0.1, -0.05) is 25.8 Å². The van der Waals surface area contributed by atoms with Crippen molar-refractivity contribution in [3.8, 4) is 0 Å². The van der Waals surface area contributed by atoms with E-state index in [1.807, 2.05) is 0 Å². The van der Waals surface area contributed by atoms with E-state index in [4.69, 9.17) is 0 Å². The van der Waals surface area contributed by atoms with Crippen LogP contribution < -0.4 is 10.6 Å². The van der Waals surface area contributed by atoms with Gasteiger partial charge < -0.3 is 10.6 Å². The summed E-state index contributed by atoms with van der Waals surface area (Å²) in [5.41, 5.74) is 0. The number of hydrogen-bond acceptors (Lipinski definition) is 3. The summed E-state index contributed by atoms with van der Waals surface area (Å²) in [6.45, 7) is 2.13. The number of fused-ring (bicyclic) bond motifs is 1. The van der Waals surface area contributed by atoms with E-state index in [0.29, 0.717) is 6.04 Å². The summed E-state index contributed by atoms with van der Waals surface area (Å²) < 4.78 is 0. The lowest BCUT2D eigenvalue weighted by Gasteiger charge is -2.24. The highest BCUT2D eigenvalue weighted by Gasteiger charge is 2.38. The molecule has 3 rings (SSSR count). The lowest BCUT2D eigenvalue weighted by molar-refractivity contribution is -0.123. The van der Waals surface area contributed by atoms with Crippen LogP contribution in [0, 0.1) is 5.92 Å². The van der Waals surface area contributed by atoms with Crippen molar-refractivity contribution in [2.45, 2.75) is 63.6 Å². The second kappa shape index (κ2) is 6.27. The molecular weight excluding hydrogens is 268 g/mol. The second-order valence-corrected chi connectivity index (χ2v) is 7.07. The molecule has 1 amide bonds. The molecule has 1 saturated heterocycles. The normalized spacial score (nSPS) is 30.8. The molecule has 1 aliphatic heterocycles. The Morgan fingerprint density at radius 1 is 1.50 bits per heavy atom. The summed E-state index contributed by atoms with van der Waals surface area (Å²) in [7, 11) is 0. The van der Waals surface area contributed by atoms with Crippen LogP contribution in [-0.4, -0.2) is 18.0 Å². The zero-order valence-corrected chi connectivity index (χ0v) is 12.9. The highest BCUT2D eigenvalue weighted by atomic mass is 32.1. The molecule has 1 aromatic rings. The molecular formula is C16H24N2OS. The largest absolute Gasteiger partial charge is 0.347 e. The first-order valence-electron chi connectivity index (χ1n) is 7.87. The fourth-order valence-electron chi connectivity index (χ4n) is 3.66. The molecule has 4 heteroatoms. The molecule has 2 N–H and O–H groups in total. The third kappa shape index (κ3) is 2.91. The van der Waals surface area contributed by atoms with Crippen LogP contribution in [0.3, 0.4) is 0 Å². The third-order valence-electron chi connectivity index (χ3n) is 4.79. The van der Waals surface area contributed by atoms with Gasteiger partial charge in [0.25, 0.3) is 0 Å². The van der Waals surface area contributed by atoms with Crippen LogP contribution in [0.4, 0.5) is 0 Å². The Morgan fingerprint density at radius 3 is 3.05 bits per heavy atom. The Hall–Kier alpha value is -0.870. The van der Waals surface area contributed by atoms with Crippen molar-refractivity contribution in [1.82, 2.24) is 10.6 Å². The summed E-state index contributed by atoms with van der Waals surface area (Å²) in [5.74, 6) is 0.918. The fourth-order valence-corrected chi connectivity index (χ4v) is 4.52. The first kappa shape index (κ1) is 14.1. The van der Waals surface area contributed by atoms with Crippen molar-refractivity contribution in [1.29, 1.82) is 0 Å². The minimum absolute atomic E-state index is 0.0251. The quantitative estimate of drug-likeness (QED) is 0.894. The average molecular weight is 292 g/mol. The highest BCUT2D eigenvalue weighted by molar-refractivity contribution is 7.10. The van der Waals surface area contributed by atoms with Gasteiger partial charge >= 0.3 is 0 Å². The maximum atomic E-state index is 12.5. The first-order valence-corrected chi connectivity index (χ1v) is 8.75. The van der Waals surface area contributed by atoms with Gasteiger partial charge in [0.2, 0.25) is 5.91 Å². The monoisotopic (exact) mass is 292 g/mol. The molecule has 20 heavy (non-hydrogen) atoms. The van der Waals surface area contributed by atoms with Crippen LogP contribution in [0.15, 0.2) is 17.5 Å². The van der Waals surface area contributed by atoms with Gasteiger partial charge in [-0.05, 0) is 43.0 Å². The lowest BCUT2D eigenvalue weighted by atomic mass is 9.85. The first-order chi connectivity index (χ1) is 9.78. The topological polar surface area (TPSA) is 41.1 Å². The molecule has 0 radical (unpaired) electrons. The predicted molar refractivity (Wildman–Crippen MR) is 82.8 cm³/mol. The summed E-state index contributed by atoms with van der Waals surface area (Å²) in [4.78, 5) is 13.7. The molecule has 2 heterocycles. The molecule has 110 valence electrons. The summed E-state index contributed by atoms with van der Waals surface area (Å²) in [5, 5.41) is 8.86. The number of hydrogen-bond donors (Lipinski definition) is 2. The van der Waals surface area contributed by atoms with Crippen LogP contribution >= 0.6 is 11.3 Å². The molecule has 1 saturated carbocycles. The molecule has 0 spiro atoms. The summed E-state index contributed by atoms with van der Waals surface area (Å²) in [6, 6.07) is 4.95. The van der Waals surface area contributed by atoms with E-state index in [1.54, 1.807) is 11.3 Å². The molecule has 0 bridgehead atoms. The van der Waals surface area contributed by atoms with Crippen molar-refractivity contribution in [3.05, 3.63) is 22.4 Å². The molecule has 1 aromatic heterocycles. The lowest BCUT2D eigenvalue weighted by Crippen LogP contribution is -2.44. The molecule has 4 unspecified atom stereocenters. The average Bonchev–Trinajstić information content (AvgIpc) is 3.13. The number of carbonyl (C=O) groups is 1. The minimum Gasteiger partial charge on any atom is -0.347 e. The van der Waals surface area contributed by atoms with E-state index in [-0.39, 0.29) is 18.0 Å². The molecule has 3 nitrogen and oxygen atoms in total. The van der Waals surface area contributed by atoms with E-state index in [0.717, 1.165) is 18.8 Å². The predicted octanol–water partition coefficient (Wildman–Crippen LogP) is 3.24. The van der Waals surface area contributed by atoms with Crippen molar-refractivity contribution in [2.75, 3.05) is 0 Å². The van der Waals surface area contributed by atoms with Gasteiger partial charge in [-0.25, -0.2) is 0 Å². The summed E-state index contributed by atoms with van der Waals surface area (Å²) >= 11 is 1.73. The maximum absolute atomic E-state index is 12.5. The minimum atomic E-state index is 0.0251. The van der Waals surface area contributed by atoms with E-state index in [2.05, 4.69) is 35.1 Å². The molecule has 4 atom stereocenters. The van der Waals surface area contributed by atoms with Crippen molar-refractivity contribution >= 4 is 17.2 Å². The van der Waals surface area contributed by atoms with Gasteiger partial charge in [0.1, 0.15) is 0 Å². The Bertz CT molecular complexity index is 431. The zero-order chi connectivity index (χ0) is 13.9. The summed E-state index contributed by atoms with van der Waals surface area (Å²) in [6.07, 6.45) is 7.17. The Balaban J connectivity index is 1.59. The van der Waals surface area contributed by atoms with Crippen LogP contribution in [0.1, 0.15) is 56.4 Å². The van der Waals surface area contributed by atoms with Crippen LogP contribution in [-0.2, 0) is 4.79 Å². The van der Waals surface area contributed by atoms with Crippen LogP contribution in [0.5, 0.6) is 0 Å². The van der Waals surface area contributed by atoms with Crippen LogP contribution in [0.25, 0.3) is 0 Å². The third-order valence-corrected chi connectivity index (χ3v) is 5.78. The fraction of sp³-hybridized carbons (Fsp3) is 0.688. The van der Waals surface area contributed by atoms with Gasteiger partial charge in [0, 0.05) is 10.9 Å². The number of nitrogens with one attached hydrogen (secondary N) is 2. The van der Waals surface area contributed by atoms with Crippen molar-refractivity contribution in [3.63, 3.8) is 0 Å². The Morgan fingerprint density at radius 2 is 2.35 bits per heavy atom. The van der Waals surface area contributed by atoms with E-state index >= 15 is 0 Å². The van der Waals surface area contributed by atoms with E-state index in [1.165, 1.54) is 30.6 Å². The SMILES string of the molecule is CCC(NC(=O)C1CC2CCCCC2N1)c1cccs1. The molecule has 0 aromatic carbocycles. The molecule has 2 fully saturated rings. The number of thiophene rings is 1. The van der Waals surface area contributed by atoms with Gasteiger partial charge in [0.15, 0.2) is 0 Å². The highest BCUT2D eigenvalue weighted by Crippen LogP contribution is 2.33. The smallest absolute Gasteiger partial charge is 0.237 e. The van der Waals surface area contributed by atoms with E-state index in [9.17, 15) is 4.79 Å². The van der Waals surface area contributed by atoms with Crippen molar-refractivity contribution in [2.24, 2.45) is 5.92 Å². The van der Waals surface area contributed by atoms with Gasteiger partial charge in [-0.3, -0.25) is 4.79 Å².